The van der Waals surface area contributed by atoms with Crippen LogP contribution in [0.1, 0.15) is 35.8 Å². The number of sulfone groups is 1. The first-order valence-corrected chi connectivity index (χ1v) is 9.93. The number of rotatable bonds is 6. The van der Waals surface area contributed by atoms with E-state index in [1.807, 2.05) is 19.9 Å². The lowest BCUT2D eigenvalue weighted by atomic mass is 10.1. The van der Waals surface area contributed by atoms with Gasteiger partial charge in [0, 0.05) is 13.3 Å². The number of nitrogens with zero attached hydrogens (tertiary/aromatic N) is 1. The van der Waals surface area contributed by atoms with Crippen LogP contribution in [0.3, 0.4) is 0 Å². The minimum atomic E-state index is -3.23. The highest BCUT2D eigenvalue weighted by Gasteiger charge is 2.22. The van der Waals surface area contributed by atoms with Crippen molar-refractivity contribution in [3.8, 4) is 5.75 Å². The molecule has 0 fully saturated rings. The van der Waals surface area contributed by atoms with Crippen LogP contribution in [0.4, 0.5) is 0 Å². The first-order chi connectivity index (χ1) is 11.8. The molecule has 0 aliphatic carbocycles. The quantitative estimate of drug-likeness (QED) is 0.792. The molecule has 0 aliphatic heterocycles. The van der Waals surface area contributed by atoms with Gasteiger partial charge in [-0.1, -0.05) is 24.3 Å². The van der Waals surface area contributed by atoms with E-state index in [2.05, 4.69) is 0 Å². The molecule has 5 nitrogen and oxygen atoms in total. The van der Waals surface area contributed by atoms with Crippen LogP contribution in [0.25, 0.3) is 0 Å². The molecule has 0 radical (unpaired) electrons. The van der Waals surface area contributed by atoms with Gasteiger partial charge in [-0.3, -0.25) is 4.79 Å². The molecule has 2 rings (SSSR count). The van der Waals surface area contributed by atoms with Gasteiger partial charge >= 0.3 is 0 Å². The Morgan fingerprint density at radius 2 is 1.72 bits per heavy atom. The Bertz CT molecular complexity index is 844. The lowest BCUT2D eigenvalue weighted by Gasteiger charge is -2.26. The minimum absolute atomic E-state index is 0.149. The summed E-state index contributed by atoms with van der Waals surface area (Å²) in [4.78, 5) is 14.7. The SMILES string of the molecule is CCOc1ccccc1C(=O)N(C)C(C)c1ccc(S(C)(=O)=O)cc1. The van der Waals surface area contributed by atoms with Crippen LogP contribution in [0.2, 0.25) is 0 Å². The van der Waals surface area contributed by atoms with Gasteiger partial charge in [-0.05, 0) is 43.7 Å². The fourth-order valence-corrected chi connectivity index (χ4v) is 3.14. The molecule has 0 saturated carbocycles. The van der Waals surface area contributed by atoms with E-state index >= 15 is 0 Å². The van der Waals surface area contributed by atoms with E-state index < -0.39 is 9.84 Å². The van der Waals surface area contributed by atoms with E-state index in [4.69, 9.17) is 4.74 Å². The van der Waals surface area contributed by atoms with E-state index in [1.54, 1.807) is 54.4 Å². The Morgan fingerprint density at radius 1 is 1.12 bits per heavy atom. The number of carbonyl (C=O) groups is 1. The highest BCUT2D eigenvalue weighted by molar-refractivity contribution is 7.90. The van der Waals surface area contributed by atoms with E-state index in [1.165, 1.54) is 6.26 Å². The summed E-state index contributed by atoms with van der Waals surface area (Å²) in [6.07, 6.45) is 1.17. The number of hydrogen-bond donors (Lipinski definition) is 0. The smallest absolute Gasteiger partial charge is 0.257 e. The first-order valence-electron chi connectivity index (χ1n) is 8.04. The summed E-state index contributed by atoms with van der Waals surface area (Å²) in [5.41, 5.74) is 1.36. The molecule has 0 spiro atoms. The highest BCUT2D eigenvalue weighted by Crippen LogP contribution is 2.25. The second-order valence-electron chi connectivity index (χ2n) is 5.86. The molecule has 25 heavy (non-hydrogen) atoms. The topological polar surface area (TPSA) is 63.7 Å². The number of benzene rings is 2. The van der Waals surface area contributed by atoms with Crippen molar-refractivity contribution in [2.45, 2.75) is 24.8 Å². The summed E-state index contributed by atoms with van der Waals surface area (Å²) in [7, 11) is -1.51. The zero-order valence-corrected chi connectivity index (χ0v) is 15.7. The predicted octanol–water partition coefficient (Wildman–Crippen LogP) is 3.32. The van der Waals surface area contributed by atoms with Crippen molar-refractivity contribution in [1.82, 2.24) is 4.90 Å². The van der Waals surface area contributed by atoms with Crippen LogP contribution in [-0.2, 0) is 9.84 Å². The van der Waals surface area contributed by atoms with Crippen molar-refractivity contribution in [1.29, 1.82) is 0 Å². The average molecular weight is 361 g/mol. The summed E-state index contributed by atoms with van der Waals surface area (Å²) < 4.78 is 28.7. The molecular formula is C19H23NO4S. The third-order valence-corrected chi connectivity index (χ3v) is 5.24. The van der Waals surface area contributed by atoms with Gasteiger partial charge in [-0.2, -0.15) is 0 Å². The standard InChI is InChI=1S/C19H23NO4S/c1-5-24-18-9-7-6-8-17(18)19(21)20(3)14(2)15-10-12-16(13-11-15)25(4,22)23/h6-14H,5H2,1-4H3. The predicted molar refractivity (Wildman–Crippen MR) is 97.7 cm³/mol. The van der Waals surface area contributed by atoms with Crippen LogP contribution >= 0.6 is 0 Å². The molecule has 1 atom stereocenters. The summed E-state index contributed by atoms with van der Waals surface area (Å²) in [6.45, 7) is 4.25. The largest absolute Gasteiger partial charge is 0.493 e. The molecule has 2 aromatic carbocycles. The number of ether oxygens (including phenoxy) is 1. The average Bonchev–Trinajstić information content (AvgIpc) is 2.60. The van der Waals surface area contributed by atoms with Crippen molar-refractivity contribution < 1.29 is 17.9 Å². The monoisotopic (exact) mass is 361 g/mol. The lowest BCUT2D eigenvalue weighted by Crippen LogP contribution is -2.30. The minimum Gasteiger partial charge on any atom is -0.493 e. The van der Waals surface area contributed by atoms with Crippen molar-refractivity contribution in [2.75, 3.05) is 19.9 Å². The van der Waals surface area contributed by atoms with Crippen molar-refractivity contribution in [3.05, 3.63) is 59.7 Å². The molecule has 0 aliphatic rings. The van der Waals surface area contributed by atoms with Crippen molar-refractivity contribution >= 4 is 15.7 Å². The zero-order valence-electron chi connectivity index (χ0n) is 14.9. The van der Waals surface area contributed by atoms with Gasteiger partial charge < -0.3 is 9.64 Å². The molecule has 0 N–H and O–H groups in total. The van der Waals surface area contributed by atoms with Crippen LogP contribution in [0.5, 0.6) is 5.75 Å². The Labute approximate surface area is 149 Å². The van der Waals surface area contributed by atoms with Crippen LogP contribution in [0.15, 0.2) is 53.4 Å². The van der Waals surface area contributed by atoms with Gasteiger partial charge in [-0.25, -0.2) is 8.42 Å². The maximum atomic E-state index is 12.8. The number of hydrogen-bond acceptors (Lipinski definition) is 4. The molecular weight excluding hydrogens is 338 g/mol. The van der Waals surface area contributed by atoms with Gasteiger partial charge in [0.2, 0.25) is 0 Å². The van der Waals surface area contributed by atoms with Gasteiger partial charge in [0.1, 0.15) is 5.75 Å². The molecule has 6 heteroatoms. The fraction of sp³-hybridized carbons (Fsp3) is 0.316. The summed E-state index contributed by atoms with van der Waals surface area (Å²) >= 11 is 0. The molecule has 0 bridgehead atoms. The normalized spacial score (nSPS) is 12.5. The van der Waals surface area contributed by atoms with Crippen LogP contribution in [-0.4, -0.2) is 39.1 Å². The molecule has 134 valence electrons. The zero-order chi connectivity index (χ0) is 18.6. The Kier molecular flexibility index (Phi) is 5.85. The molecule has 0 aromatic heterocycles. The van der Waals surface area contributed by atoms with Crippen molar-refractivity contribution in [2.24, 2.45) is 0 Å². The number of carbonyl (C=O) groups excluding carboxylic acids is 1. The second-order valence-corrected chi connectivity index (χ2v) is 7.88. The molecule has 1 amide bonds. The van der Waals surface area contributed by atoms with Gasteiger partial charge in [0.15, 0.2) is 9.84 Å². The number of para-hydroxylation sites is 1. The molecule has 0 saturated heterocycles. The molecule has 2 aromatic rings. The highest BCUT2D eigenvalue weighted by atomic mass is 32.2. The summed E-state index contributed by atoms with van der Waals surface area (Å²) in [6, 6.07) is 13.5. The van der Waals surface area contributed by atoms with Crippen LogP contribution in [0, 0.1) is 0 Å². The van der Waals surface area contributed by atoms with Crippen molar-refractivity contribution in [3.63, 3.8) is 0 Å². The maximum Gasteiger partial charge on any atom is 0.257 e. The number of amides is 1. The summed E-state index contributed by atoms with van der Waals surface area (Å²) in [5.74, 6) is 0.408. The van der Waals surface area contributed by atoms with Gasteiger partial charge in [-0.15, -0.1) is 0 Å². The first kappa shape index (κ1) is 19.0. The third-order valence-electron chi connectivity index (χ3n) is 4.11. The Balaban J connectivity index is 2.25. The molecule has 0 heterocycles. The molecule has 1 unspecified atom stereocenters. The van der Waals surface area contributed by atoms with Gasteiger partial charge in [0.05, 0.1) is 23.1 Å². The van der Waals surface area contributed by atoms with E-state index in [0.717, 1.165) is 5.56 Å². The summed E-state index contributed by atoms with van der Waals surface area (Å²) in [5, 5.41) is 0. The van der Waals surface area contributed by atoms with E-state index in [-0.39, 0.29) is 16.8 Å². The maximum absolute atomic E-state index is 12.8. The van der Waals surface area contributed by atoms with Gasteiger partial charge in [0.25, 0.3) is 5.91 Å². The Hall–Kier alpha value is -2.34. The fourth-order valence-electron chi connectivity index (χ4n) is 2.51. The van der Waals surface area contributed by atoms with Crippen LogP contribution < -0.4 is 4.74 Å². The van der Waals surface area contributed by atoms with E-state index in [0.29, 0.717) is 17.9 Å². The Morgan fingerprint density at radius 3 is 2.28 bits per heavy atom. The lowest BCUT2D eigenvalue weighted by molar-refractivity contribution is 0.0738. The second kappa shape index (κ2) is 7.70. The van der Waals surface area contributed by atoms with E-state index in [9.17, 15) is 13.2 Å². The third kappa shape index (κ3) is 4.39.